The van der Waals surface area contributed by atoms with Crippen LogP contribution in [0.25, 0.3) is 38.8 Å². The number of anilines is 1. The first-order valence-corrected chi connectivity index (χ1v) is 12.8. The molecule has 196 valence electrons. The topological polar surface area (TPSA) is 75.3 Å². The van der Waals surface area contributed by atoms with E-state index in [-0.39, 0.29) is 11.4 Å². The Hall–Kier alpha value is -4.56. The largest absolute Gasteiger partial charge is 0.507 e. The van der Waals surface area contributed by atoms with Gasteiger partial charge in [0.2, 0.25) is 0 Å². The molecule has 3 heterocycles. The number of benzene rings is 3. The van der Waals surface area contributed by atoms with Crippen molar-refractivity contribution >= 4 is 28.2 Å². The van der Waals surface area contributed by atoms with Gasteiger partial charge in [-0.25, -0.2) is 9.18 Å². The number of hydrogen-bond acceptors (Lipinski definition) is 5. The summed E-state index contributed by atoms with van der Waals surface area (Å²) < 4.78 is 17.9. The van der Waals surface area contributed by atoms with E-state index >= 15 is 4.39 Å². The second-order valence-corrected chi connectivity index (χ2v) is 9.99. The van der Waals surface area contributed by atoms with Crippen LogP contribution in [0, 0.1) is 5.82 Å². The molecule has 0 fully saturated rings. The Morgan fingerprint density at radius 2 is 1.82 bits per heavy atom. The van der Waals surface area contributed by atoms with Crippen LogP contribution in [0.4, 0.5) is 10.1 Å². The van der Waals surface area contributed by atoms with E-state index in [1.165, 1.54) is 21.3 Å². The van der Waals surface area contributed by atoms with Gasteiger partial charge in [-0.2, -0.15) is 0 Å². The number of fused-ring (bicyclic) bond motifs is 1. The average Bonchev–Trinajstić information content (AvgIpc) is 3.26. The zero-order chi connectivity index (χ0) is 27.3. The van der Waals surface area contributed by atoms with Gasteiger partial charge in [0.15, 0.2) is 0 Å². The molecule has 2 N–H and O–H groups in total. The van der Waals surface area contributed by atoms with Gasteiger partial charge in [-0.3, -0.25) is 9.55 Å². The summed E-state index contributed by atoms with van der Waals surface area (Å²) >= 11 is 6.56. The molecule has 9 heteroatoms. The molecule has 5 aromatic rings. The predicted octanol–water partition coefficient (Wildman–Crippen LogP) is 5.83. The SMILES string of the molecule is CC1=CN(c2cc(-c3cc(F)cc(-c4ccc(-n5ccn(C)c5=O)c(Cl)c4)c3O)cc3cccnc23)CCN1. The molecule has 0 saturated heterocycles. The summed E-state index contributed by atoms with van der Waals surface area (Å²) in [5.41, 5.74) is 4.81. The van der Waals surface area contributed by atoms with E-state index in [2.05, 4.69) is 15.2 Å². The molecule has 0 aliphatic carbocycles. The van der Waals surface area contributed by atoms with Gasteiger partial charge < -0.3 is 19.9 Å². The summed E-state index contributed by atoms with van der Waals surface area (Å²) in [5.74, 6) is -0.568. The Balaban J connectivity index is 1.49. The number of halogens is 2. The van der Waals surface area contributed by atoms with Crippen molar-refractivity contribution in [2.24, 2.45) is 7.05 Å². The average molecular weight is 542 g/mol. The number of imidazole rings is 1. The van der Waals surface area contributed by atoms with Crippen LogP contribution in [-0.4, -0.2) is 32.3 Å². The van der Waals surface area contributed by atoms with Crippen molar-refractivity contribution in [2.75, 3.05) is 18.0 Å². The van der Waals surface area contributed by atoms with Crippen molar-refractivity contribution < 1.29 is 9.50 Å². The molecule has 0 saturated carbocycles. The molecule has 7 nitrogen and oxygen atoms in total. The number of aromatic hydroxyl groups is 1. The van der Waals surface area contributed by atoms with Gasteiger partial charge in [0, 0.05) is 67.1 Å². The second-order valence-electron chi connectivity index (χ2n) is 9.58. The molecule has 0 amide bonds. The molecule has 6 rings (SSSR count). The first-order chi connectivity index (χ1) is 18.8. The Bertz CT molecular complexity index is 1840. The highest BCUT2D eigenvalue weighted by atomic mass is 35.5. The van der Waals surface area contributed by atoms with E-state index in [1.807, 2.05) is 37.4 Å². The number of phenols is 1. The van der Waals surface area contributed by atoms with Crippen LogP contribution in [0.5, 0.6) is 5.75 Å². The van der Waals surface area contributed by atoms with Gasteiger partial charge in [0.05, 0.1) is 21.9 Å². The third kappa shape index (κ3) is 4.42. The maximum Gasteiger partial charge on any atom is 0.332 e. The van der Waals surface area contributed by atoms with E-state index in [1.54, 1.807) is 43.8 Å². The third-order valence-electron chi connectivity index (χ3n) is 6.95. The molecule has 39 heavy (non-hydrogen) atoms. The maximum absolute atomic E-state index is 15.1. The number of nitrogens with zero attached hydrogens (tertiary/aromatic N) is 4. The molecule has 3 aromatic carbocycles. The Labute approximate surface area is 229 Å². The second kappa shape index (κ2) is 9.63. The number of allylic oxidation sites excluding steroid dienone is 1. The summed E-state index contributed by atoms with van der Waals surface area (Å²) in [6, 6.07) is 15.3. The smallest absolute Gasteiger partial charge is 0.332 e. The molecule has 0 bridgehead atoms. The van der Waals surface area contributed by atoms with Crippen LogP contribution in [-0.2, 0) is 7.05 Å². The maximum atomic E-state index is 15.1. The van der Waals surface area contributed by atoms with Gasteiger partial charge in [0.25, 0.3) is 0 Å². The molecule has 1 aliphatic heterocycles. The van der Waals surface area contributed by atoms with Gasteiger partial charge in [-0.05, 0) is 60.5 Å². The number of aromatic nitrogens is 3. The van der Waals surface area contributed by atoms with E-state index in [9.17, 15) is 9.90 Å². The summed E-state index contributed by atoms with van der Waals surface area (Å²) in [6.45, 7) is 3.52. The zero-order valence-corrected chi connectivity index (χ0v) is 22.1. The number of phenolic OH excluding ortho intramolecular Hbond substituents is 1. The van der Waals surface area contributed by atoms with Crippen molar-refractivity contribution in [2.45, 2.75) is 6.92 Å². The molecular weight excluding hydrogens is 517 g/mol. The minimum absolute atomic E-state index is 0.0710. The first-order valence-electron chi connectivity index (χ1n) is 12.4. The number of pyridine rings is 1. The van der Waals surface area contributed by atoms with Gasteiger partial charge in [0.1, 0.15) is 11.6 Å². The van der Waals surface area contributed by atoms with Gasteiger partial charge in [-0.15, -0.1) is 0 Å². The lowest BCUT2D eigenvalue weighted by molar-refractivity contribution is 0.477. The van der Waals surface area contributed by atoms with E-state index < -0.39 is 5.82 Å². The first kappa shape index (κ1) is 24.8. The van der Waals surface area contributed by atoms with E-state index in [0.29, 0.717) is 33.0 Å². The van der Waals surface area contributed by atoms with Crippen LogP contribution in [0.3, 0.4) is 0 Å². The minimum Gasteiger partial charge on any atom is -0.507 e. The van der Waals surface area contributed by atoms with Crippen LogP contribution in [0.1, 0.15) is 6.92 Å². The quantitative estimate of drug-likeness (QED) is 0.299. The molecular formula is C30H25ClFN5O2. The lowest BCUT2D eigenvalue weighted by atomic mass is 9.95. The summed E-state index contributed by atoms with van der Waals surface area (Å²) in [6.07, 6.45) is 7.04. The van der Waals surface area contributed by atoms with Crippen molar-refractivity contribution in [1.82, 2.24) is 19.4 Å². The third-order valence-corrected chi connectivity index (χ3v) is 7.25. The lowest BCUT2D eigenvalue weighted by Gasteiger charge is -2.28. The zero-order valence-electron chi connectivity index (χ0n) is 21.3. The van der Waals surface area contributed by atoms with E-state index in [0.717, 1.165) is 35.4 Å². The van der Waals surface area contributed by atoms with Gasteiger partial charge in [-0.1, -0.05) is 23.7 Å². The monoisotopic (exact) mass is 541 g/mol. The van der Waals surface area contributed by atoms with Crippen LogP contribution in [0.2, 0.25) is 5.02 Å². The van der Waals surface area contributed by atoms with Crippen molar-refractivity contribution in [3.63, 3.8) is 0 Å². The lowest BCUT2D eigenvalue weighted by Crippen LogP contribution is -2.34. The van der Waals surface area contributed by atoms with Gasteiger partial charge >= 0.3 is 5.69 Å². The van der Waals surface area contributed by atoms with Crippen LogP contribution >= 0.6 is 11.6 Å². The Kier molecular flexibility index (Phi) is 6.12. The number of aryl methyl sites for hydroxylation is 1. The molecule has 0 atom stereocenters. The fourth-order valence-corrected chi connectivity index (χ4v) is 5.28. The summed E-state index contributed by atoms with van der Waals surface area (Å²) in [7, 11) is 1.65. The predicted molar refractivity (Wildman–Crippen MR) is 153 cm³/mol. The number of hydrogen-bond donors (Lipinski definition) is 2. The molecule has 2 aromatic heterocycles. The highest BCUT2D eigenvalue weighted by Gasteiger charge is 2.19. The summed E-state index contributed by atoms with van der Waals surface area (Å²) in [5, 5.41) is 15.9. The molecule has 0 spiro atoms. The number of nitrogens with one attached hydrogen (secondary N) is 1. The van der Waals surface area contributed by atoms with Crippen molar-refractivity contribution in [3.05, 3.63) is 106 Å². The number of rotatable bonds is 4. The minimum atomic E-state index is -0.497. The molecule has 0 radical (unpaired) electrons. The Morgan fingerprint density at radius 1 is 1.03 bits per heavy atom. The fraction of sp³-hybridized carbons (Fsp3) is 0.133. The summed E-state index contributed by atoms with van der Waals surface area (Å²) in [4.78, 5) is 19.1. The van der Waals surface area contributed by atoms with Crippen molar-refractivity contribution in [3.8, 4) is 33.7 Å². The Morgan fingerprint density at radius 3 is 2.54 bits per heavy atom. The standard InChI is InChI=1S/C30H25ClFN5O2/c1-18-17-36(9-8-33-18)27-14-21(12-20-4-3-7-34-28(20)27)24-16-22(32)15-23(29(24)38)19-5-6-26(25(31)13-19)37-11-10-35(2)30(37)39/h3-7,10-17,33,38H,8-9H2,1-2H3. The highest BCUT2D eigenvalue weighted by Crippen LogP contribution is 2.42. The van der Waals surface area contributed by atoms with Crippen LogP contribution in [0.15, 0.2) is 89.9 Å². The van der Waals surface area contributed by atoms with Crippen molar-refractivity contribution in [1.29, 1.82) is 0 Å². The highest BCUT2D eigenvalue weighted by molar-refractivity contribution is 6.32. The fourth-order valence-electron chi connectivity index (χ4n) is 5.01. The van der Waals surface area contributed by atoms with E-state index in [4.69, 9.17) is 11.6 Å². The normalized spacial score (nSPS) is 13.4. The molecule has 1 aliphatic rings. The van der Waals surface area contributed by atoms with Crippen LogP contribution < -0.4 is 15.9 Å². The molecule has 0 unspecified atom stereocenters.